The molecule has 152 valence electrons. The first kappa shape index (κ1) is 22.0. The van der Waals surface area contributed by atoms with E-state index in [0.29, 0.717) is 0 Å². The van der Waals surface area contributed by atoms with Crippen LogP contribution in [0.5, 0.6) is 11.5 Å². The molecular formula is C19H12Cl4O5S. The quantitative estimate of drug-likeness (QED) is 0.311. The Bertz CT molecular complexity index is 1210. The fourth-order valence-electron chi connectivity index (χ4n) is 3.17. The van der Waals surface area contributed by atoms with E-state index in [4.69, 9.17) is 46.4 Å². The molecule has 5 nitrogen and oxygen atoms in total. The molecule has 0 spiro atoms. The molecule has 0 aromatic heterocycles. The Labute approximate surface area is 186 Å². The molecule has 0 radical (unpaired) electrons. The summed E-state index contributed by atoms with van der Waals surface area (Å²) in [5.74, 6) is -0.900. The third kappa shape index (κ3) is 3.65. The number of hydrogen-bond donors (Lipinski definition) is 3. The summed E-state index contributed by atoms with van der Waals surface area (Å²) >= 11 is 24.4. The molecule has 0 saturated heterocycles. The molecule has 0 heterocycles. The molecule has 0 aliphatic rings. The van der Waals surface area contributed by atoms with Crippen molar-refractivity contribution in [1.29, 1.82) is 0 Å². The van der Waals surface area contributed by atoms with Crippen molar-refractivity contribution in [2.75, 3.05) is 0 Å². The lowest BCUT2D eigenvalue weighted by molar-refractivity contribution is 0.455. The van der Waals surface area contributed by atoms with Gasteiger partial charge in [-0.3, -0.25) is 4.55 Å². The van der Waals surface area contributed by atoms with Gasteiger partial charge in [0, 0.05) is 21.2 Å². The number of halogens is 4. The molecule has 3 N–H and O–H groups in total. The molecule has 0 fully saturated rings. The Kier molecular flexibility index (Phi) is 5.98. The van der Waals surface area contributed by atoms with Crippen LogP contribution in [0.3, 0.4) is 0 Å². The van der Waals surface area contributed by atoms with Crippen molar-refractivity contribution in [3.63, 3.8) is 0 Å². The topological polar surface area (TPSA) is 94.8 Å². The minimum Gasteiger partial charge on any atom is -0.506 e. The van der Waals surface area contributed by atoms with Crippen molar-refractivity contribution in [3.05, 3.63) is 91.4 Å². The number of phenols is 2. The Morgan fingerprint density at radius 2 is 1.31 bits per heavy atom. The molecule has 3 rings (SSSR count). The highest BCUT2D eigenvalue weighted by molar-refractivity contribution is 7.87. The lowest BCUT2D eigenvalue weighted by atomic mass is 9.83. The van der Waals surface area contributed by atoms with E-state index in [1.807, 2.05) is 0 Å². The first-order valence-electron chi connectivity index (χ1n) is 7.89. The van der Waals surface area contributed by atoms with Crippen LogP contribution in [0, 0.1) is 0 Å². The second-order valence-corrected chi connectivity index (χ2v) is 9.28. The van der Waals surface area contributed by atoms with E-state index < -0.39 is 26.4 Å². The van der Waals surface area contributed by atoms with Gasteiger partial charge >= 0.3 is 0 Å². The zero-order valence-electron chi connectivity index (χ0n) is 14.3. The summed E-state index contributed by atoms with van der Waals surface area (Å²) in [7, 11) is -5.07. The fraction of sp³-hybridized carbons (Fsp3) is 0.0526. The predicted molar refractivity (Wildman–Crippen MR) is 114 cm³/mol. The van der Waals surface area contributed by atoms with Gasteiger partial charge in [-0.2, -0.15) is 8.42 Å². The Hall–Kier alpha value is -1.67. The van der Waals surface area contributed by atoms with E-state index >= 15 is 0 Å². The van der Waals surface area contributed by atoms with Crippen LogP contribution in [0.1, 0.15) is 16.7 Å². The van der Waals surface area contributed by atoms with Crippen LogP contribution >= 0.6 is 46.4 Å². The van der Waals surface area contributed by atoms with Crippen molar-refractivity contribution < 1.29 is 23.2 Å². The summed E-state index contributed by atoms with van der Waals surface area (Å²) < 4.78 is 34.0. The summed E-state index contributed by atoms with van der Waals surface area (Å²) in [5, 5.41) is 19.9. The molecule has 3 aromatic rings. The second-order valence-electron chi connectivity index (χ2n) is 6.09. The summed E-state index contributed by atoms with van der Waals surface area (Å²) in [6.45, 7) is 0. The van der Waals surface area contributed by atoms with Gasteiger partial charge < -0.3 is 10.2 Å². The van der Waals surface area contributed by atoms with Gasteiger partial charge in [0.05, 0.1) is 10.0 Å². The number of rotatable bonds is 4. The lowest BCUT2D eigenvalue weighted by Crippen LogP contribution is -2.38. The molecule has 0 saturated carbocycles. The zero-order valence-corrected chi connectivity index (χ0v) is 18.1. The highest BCUT2D eigenvalue weighted by atomic mass is 35.5. The largest absolute Gasteiger partial charge is 0.506 e. The van der Waals surface area contributed by atoms with Gasteiger partial charge in [0.15, 0.2) is 4.75 Å². The molecule has 1 unspecified atom stereocenters. The van der Waals surface area contributed by atoms with Crippen molar-refractivity contribution in [2.24, 2.45) is 0 Å². The summed E-state index contributed by atoms with van der Waals surface area (Å²) in [5.41, 5.74) is -0.397. The normalized spacial score (nSPS) is 13.8. The van der Waals surface area contributed by atoms with Crippen LogP contribution in [0.4, 0.5) is 0 Å². The van der Waals surface area contributed by atoms with Crippen LogP contribution in [-0.2, 0) is 14.9 Å². The summed E-state index contributed by atoms with van der Waals surface area (Å²) in [4.78, 5) is 0. The standard InChI is InChI=1S/C19H12Cl4O5S/c20-13-4-2-1-3-11(13)19(29(26,27)28,10-5-6-14(21)17(24)7-10)12-8-18(25)16(23)9-15(12)22/h1-9,24-25H,(H,26,27,28). The smallest absolute Gasteiger partial charge is 0.283 e. The highest BCUT2D eigenvalue weighted by Crippen LogP contribution is 2.51. The third-order valence-electron chi connectivity index (χ3n) is 4.41. The van der Waals surface area contributed by atoms with Gasteiger partial charge in [-0.25, -0.2) is 0 Å². The molecule has 0 aliphatic heterocycles. The van der Waals surface area contributed by atoms with Crippen LogP contribution < -0.4 is 0 Å². The molecule has 10 heteroatoms. The first-order chi connectivity index (χ1) is 13.5. The fourth-order valence-corrected chi connectivity index (χ4v) is 5.53. The Balaban J connectivity index is 2.61. The average Bonchev–Trinajstić information content (AvgIpc) is 2.63. The average molecular weight is 494 g/mol. The molecule has 3 aromatic carbocycles. The van der Waals surface area contributed by atoms with Crippen molar-refractivity contribution in [1.82, 2.24) is 0 Å². The molecule has 29 heavy (non-hydrogen) atoms. The van der Waals surface area contributed by atoms with E-state index in [-0.39, 0.29) is 36.8 Å². The van der Waals surface area contributed by atoms with Gasteiger partial charge in [-0.05, 0) is 35.9 Å². The van der Waals surface area contributed by atoms with Gasteiger partial charge in [-0.1, -0.05) is 70.7 Å². The Morgan fingerprint density at radius 1 is 0.690 bits per heavy atom. The lowest BCUT2D eigenvalue weighted by Gasteiger charge is -2.34. The van der Waals surface area contributed by atoms with E-state index in [1.165, 1.54) is 30.3 Å². The molecule has 1 atom stereocenters. The molecule has 0 amide bonds. The SMILES string of the molecule is O=S(=O)(O)C(c1ccc(Cl)c(O)c1)(c1ccccc1Cl)c1cc(O)c(Cl)cc1Cl. The number of phenolic OH excluding ortho intramolecular Hbond substituents is 2. The summed E-state index contributed by atoms with van der Waals surface area (Å²) in [6.07, 6.45) is 0. The van der Waals surface area contributed by atoms with Crippen LogP contribution in [0.25, 0.3) is 0 Å². The van der Waals surface area contributed by atoms with Gasteiger partial charge in [0.1, 0.15) is 11.5 Å². The van der Waals surface area contributed by atoms with E-state index in [1.54, 1.807) is 6.07 Å². The number of hydrogen-bond acceptors (Lipinski definition) is 4. The zero-order chi connectivity index (χ0) is 21.6. The Morgan fingerprint density at radius 3 is 1.90 bits per heavy atom. The van der Waals surface area contributed by atoms with E-state index in [9.17, 15) is 23.2 Å². The number of aromatic hydroxyl groups is 2. The summed E-state index contributed by atoms with van der Waals surface area (Å²) in [6, 6.07) is 11.7. The second kappa shape index (κ2) is 7.87. The van der Waals surface area contributed by atoms with Crippen molar-refractivity contribution >= 4 is 56.5 Å². The molecule has 0 bridgehead atoms. The van der Waals surface area contributed by atoms with Crippen molar-refractivity contribution in [3.8, 4) is 11.5 Å². The minimum absolute atomic E-state index is 0.00919. The first-order valence-corrected chi connectivity index (χ1v) is 10.8. The monoisotopic (exact) mass is 492 g/mol. The number of benzene rings is 3. The van der Waals surface area contributed by atoms with Crippen LogP contribution in [-0.4, -0.2) is 23.2 Å². The maximum Gasteiger partial charge on any atom is 0.283 e. The third-order valence-corrected chi connectivity index (χ3v) is 7.12. The molecule has 0 aliphatic carbocycles. The highest BCUT2D eigenvalue weighted by Gasteiger charge is 2.51. The van der Waals surface area contributed by atoms with Gasteiger partial charge in [0.25, 0.3) is 10.1 Å². The van der Waals surface area contributed by atoms with Gasteiger partial charge in [0.2, 0.25) is 0 Å². The maximum absolute atomic E-state index is 13.0. The minimum atomic E-state index is -5.07. The van der Waals surface area contributed by atoms with Crippen LogP contribution in [0.15, 0.2) is 54.6 Å². The van der Waals surface area contributed by atoms with Gasteiger partial charge in [-0.15, -0.1) is 0 Å². The van der Waals surface area contributed by atoms with Crippen molar-refractivity contribution in [2.45, 2.75) is 4.75 Å². The maximum atomic E-state index is 13.0. The van der Waals surface area contributed by atoms with Crippen LogP contribution in [0.2, 0.25) is 20.1 Å². The predicted octanol–water partition coefficient (Wildman–Crippen LogP) is 5.89. The van der Waals surface area contributed by atoms with E-state index in [0.717, 1.165) is 18.2 Å². The molecular weight excluding hydrogens is 482 g/mol. The van der Waals surface area contributed by atoms with E-state index in [2.05, 4.69) is 0 Å².